The van der Waals surface area contributed by atoms with E-state index in [1.807, 2.05) is 36.0 Å². The Morgan fingerprint density at radius 3 is 2.75 bits per heavy atom. The maximum Gasteiger partial charge on any atom is 0.307 e. The molecule has 4 nitrogen and oxygen atoms in total. The summed E-state index contributed by atoms with van der Waals surface area (Å²) in [5.74, 6) is -0.0476. The zero-order valence-electron chi connectivity index (χ0n) is 8.92. The molecule has 0 aromatic carbocycles. The lowest BCUT2D eigenvalue weighted by atomic mass is 10.2. The number of aromatic nitrogens is 2. The molecule has 2 heterocycles. The standard InChI is InChI=1S/C12H12N2O2/c1-9-4-5-14(8-9)11-3-2-10(7-13-11)6-12(15)16/h2-5,7-8H,6H2,1H3,(H,15,16). The van der Waals surface area contributed by atoms with Crippen molar-refractivity contribution in [2.24, 2.45) is 0 Å². The first-order chi connectivity index (χ1) is 7.65. The van der Waals surface area contributed by atoms with Gasteiger partial charge in [0.1, 0.15) is 5.82 Å². The maximum atomic E-state index is 10.5. The quantitative estimate of drug-likeness (QED) is 0.851. The highest BCUT2D eigenvalue weighted by molar-refractivity contribution is 5.70. The van der Waals surface area contributed by atoms with Crippen molar-refractivity contribution in [1.82, 2.24) is 9.55 Å². The smallest absolute Gasteiger partial charge is 0.307 e. The number of aryl methyl sites for hydroxylation is 1. The number of hydrogen-bond acceptors (Lipinski definition) is 2. The SMILES string of the molecule is Cc1ccn(-c2ccc(CC(=O)O)cn2)c1. The summed E-state index contributed by atoms with van der Waals surface area (Å²) in [6.07, 6.45) is 5.50. The summed E-state index contributed by atoms with van der Waals surface area (Å²) in [5.41, 5.74) is 1.87. The highest BCUT2D eigenvalue weighted by atomic mass is 16.4. The Labute approximate surface area is 93.2 Å². The van der Waals surface area contributed by atoms with Crippen LogP contribution < -0.4 is 0 Å². The third-order valence-electron chi connectivity index (χ3n) is 2.27. The second kappa shape index (κ2) is 4.18. The lowest BCUT2D eigenvalue weighted by Gasteiger charge is -2.02. The lowest BCUT2D eigenvalue weighted by Crippen LogP contribution is -2.01. The molecule has 0 fully saturated rings. The zero-order valence-corrected chi connectivity index (χ0v) is 8.92. The van der Waals surface area contributed by atoms with Crippen molar-refractivity contribution in [3.8, 4) is 5.82 Å². The molecular weight excluding hydrogens is 204 g/mol. The molecule has 0 bridgehead atoms. The Balaban J connectivity index is 2.22. The van der Waals surface area contributed by atoms with E-state index < -0.39 is 5.97 Å². The van der Waals surface area contributed by atoms with E-state index in [0.29, 0.717) is 5.56 Å². The number of carbonyl (C=O) groups is 1. The van der Waals surface area contributed by atoms with Crippen LogP contribution in [0.3, 0.4) is 0 Å². The van der Waals surface area contributed by atoms with E-state index in [2.05, 4.69) is 4.98 Å². The van der Waals surface area contributed by atoms with Crippen molar-refractivity contribution in [1.29, 1.82) is 0 Å². The van der Waals surface area contributed by atoms with Gasteiger partial charge in [-0.05, 0) is 30.2 Å². The maximum absolute atomic E-state index is 10.5. The van der Waals surface area contributed by atoms with Crippen LogP contribution in [0.1, 0.15) is 11.1 Å². The predicted molar refractivity (Wildman–Crippen MR) is 59.6 cm³/mol. The summed E-state index contributed by atoms with van der Waals surface area (Å²) in [6, 6.07) is 5.59. The summed E-state index contributed by atoms with van der Waals surface area (Å²) < 4.78 is 1.90. The molecule has 4 heteroatoms. The van der Waals surface area contributed by atoms with Gasteiger partial charge in [0.2, 0.25) is 0 Å². The van der Waals surface area contributed by atoms with Crippen molar-refractivity contribution in [3.05, 3.63) is 47.9 Å². The molecule has 0 spiro atoms. The molecule has 0 amide bonds. The van der Waals surface area contributed by atoms with Crippen LogP contribution >= 0.6 is 0 Å². The Morgan fingerprint density at radius 2 is 2.25 bits per heavy atom. The van der Waals surface area contributed by atoms with Crippen molar-refractivity contribution in [3.63, 3.8) is 0 Å². The van der Waals surface area contributed by atoms with Crippen LogP contribution in [0.2, 0.25) is 0 Å². The molecule has 82 valence electrons. The average molecular weight is 216 g/mol. The number of pyridine rings is 1. The summed E-state index contributed by atoms with van der Waals surface area (Å²) >= 11 is 0. The van der Waals surface area contributed by atoms with E-state index >= 15 is 0 Å². The van der Waals surface area contributed by atoms with Gasteiger partial charge >= 0.3 is 5.97 Å². The Kier molecular flexibility index (Phi) is 2.72. The van der Waals surface area contributed by atoms with E-state index in [4.69, 9.17) is 5.11 Å². The van der Waals surface area contributed by atoms with Crippen molar-refractivity contribution < 1.29 is 9.90 Å². The third-order valence-corrected chi connectivity index (χ3v) is 2.27. The van der Waals surface area contributed by atoms with E-state index in [0.717, 1.165) is 11.4 Å². The first-order valence-corrected chi connectivity index (χ1v) is 4.97. The number of rotatable bonds is 3. The molecule has 0 radical (unpaired) electrons. The van der Waals surface area contributed by atoms with Gasteiger partial charge in [-0.1, -0.05) is 6.07 Å². The summed E-state index contributed by atoms with van der Waals surface area (Å²) in [5, 5.41) is 8.62. The van der Waals surface area contributed by atoms with Crippen molar-refractivity contribution in [2.45, 2.75) is 13.3 Å². The minimum absolute atomic E-state index is 0.0119. The second-order valence-electron chi connectivity index (χ2n) is 3.69. The third kappa shape index (κ3) is 2.28. The molecule has 16 heavy (non-hydrogen) atoms. The summed E-state index contributed by atoms with van der Waals surface area (Å²) in [7, 11) is 0. The van der Waals surface area contributed by atoms with Crippen LogP contribution in [0.25, 0.3) is 5.82 Å². The molecule has 0 saturated carbocycles. The van der Waals surface area contributed by atoms with Crippen molar-refractivity contribution in [2.75, 3.05) is 0 Å². The molecule has 0 unspecified atom stereocenters. The van der Waals surface area contributed by atoms with E-state index in [1.165, 1.54) is 0 Å². The van der Waals surface area contributed by atoms with Crippen LogP contribution in [0.4, 0.5) is 0 Å². The van der Waals surface area contributed by atoms with Gasteiger partial charge in [0.25, 0.3) is 0 Å². The number of carboxylic acid groups (broad SMARTS) is 1. The van der Waals surface area contributed by atoms with Crippen LogP contribution in [0.15, 0.2) is 36.8 Å². The Morgan fingerprint density at radius 1 is 1.44 bits per heavy atom. The first-order valence-electron chi connectivity index (χ1n) is 4.97. The van der Waals surface area contributed by atoms with Gasteiger partial charge in [0, 0.05) is 18.6 Å². The fourth-order valence-corrected chi connectivity index (χ4v) is 1.49. The van der Waals surface area contributed by atoms with Gasteiger partial charge in [-0.25, -0.2) is 4.98 Å². The van der Waals surface area contributed by atoms with Crippen LogP contribution in [-0.2, 0) is 11.2 Å². The van der Waals surface area contributed by atoms with Crippen LogP contribution in [0.5, 0.6) is 0 Å². The summed E-state index contributed by atoms with van der Waals surface area (Å²) in [6.45, 7) is 2.01. The van der Waals surface area contributed by atoms with Crippen molar-refractivity contribution >= 4 is 5.97 Å². The monoisotopic (exact) mass is 216 g/mol. The fourth-order valence-electron chi connectivity index (χ4n) is 1.49. The molecule has 1 N–H and O–H groups in total. The number of aliphatic carboxylic acids is 1. The number of nitrogens with zero attached hydrogens (tertiary/aromatic N) is 2. The minimum Gasteiger partial charge on any atom is -0.481 e. The lowest BCUT2D eigenvalue weighted by molar-refractivity contribution is -0.136. The molecular formula is C12H12N2O2. The number of hydrogen-bond donors (Lipinski definition) is 1. The molecule has 0 aliphatic rings. The highest BCUT2D eigenvalue weighted by Crippen LogP contribution is 2.08. The normalized spacial score (nSPS) is 10.3. The molecule has 0 aliphatic carbocycles. The molecule has 2 rings (SSSR count). The van der Waals surface area contributed by atoms with Gasteiger partial charge in [0.05, 0.1) is 6.42 Å². The zero-order chi connectivity index (χ0) is 11.5. The topological polar surface area (TPSA) is 55.1 Å². The highest BCUT2D eigenvalue weighted by Gasteiger charge is 2.02. The fraction of sp³-hybridized carbons (Fsp3) is 0.167. The van der Waals surface area contributed by atoms with Crippen LogP contribution in [-0.4, -0.2) is 20.6 Å². The molecule has 2 aromatic heterocycles. The first kappa shape index (κ1) is 10.4. The Bertz CT molecular complexity index is 500. The molecule has 0 atom stereocenters. The van der Waals surface area contributed by atoms with Gasteiger partial charge in [-0.2, -0.15) is 0 Å². The van der Waals surface area contributed by atoms with Gasteiger partial charge in [0.15, 0.2) is 0 Å². The summed E-state index contributed by atoms with van der Waals surface area (Å²) in [4.78, 5) is 14.7. The van der Waals surface area contributed by atoms with Gasteiger partial charge < -0.3 is 9.67 Å². The van der Waals surface area contributed by atoms with E-state index in [9.17, 15) is 4.79 Å². The minimum atomic E-state index is -0.841. The number of carboxylic acids is 1. The average Bonchev–Trinajstić information content (AvgIpc) is 2.65. The van der Waals surface area contributed by atoms with Gasteiger partial charge in [-0.3, -0.25) is 4.79 Å². The van der Waals surface area contributed by atoms with Gasteiger partial charge in [-0.15, -0.1) is 0 Å². The van der Waals surface area contributed by atoms with E-state index in [-0.39, 0.29) is 6.42 Å². The van der Waals surface area contributed by atoms with E-state index in [1.54, 1.807) is 12.3 Å². The van der Waals surface area contributed by atoms with Crippen LogP contribution in [0, 0.1) is 6.92 Å². The second-order valence-corrected chi connectivity index (χ2v) is 3.69. The predicted octanol–water partition coefficient (Wildman–Crippen LogP) is 1.81. The molecule has 0 aliphatic heterocycles. The Hall–Kier alpha value is -2.10. The largest absolute Gasteiger partial charge is 0.481 e. The molecule has 2 aromatic rings. The molecule has 0 saturated heterocycles.